The van der Waals surface area contributed by atoms with Gasteiger partial charge < -0.3 is 15.1 Å². The number of hydrogen-bond donors (Lipinski definition) is 2. The van der Waals surface area contributed by atoms with Gasteiger partial charge in [-0.3, -0.25) is 4.79 Å². The number of nitrogens with zero attached hydrogens (tertiary/aromatic N) is 2. The monoisotopic (exact) mass is 390 g/mol. The van der Waals surface area contributed by atoms with E-state index in [1.807, 2.05) is 36.4 Å². The molecule has 1 aliphatic rings. The summed E-state index contributed by atoms with van der Waals surface area (Å²) in [6.45, 7) is 0.321. The topological polar surface area (TPSA) is 80.0 Å². The summed E-state index contributed by atoms with van der Waals surface area (Å²) in [4.78, 5) is 22.0. The summed E-state index contributed by atoms with van der Waals surface area (Å²) in [5.74, 6) is 1.71. The van der Waals surface area contributed by atoms with E-state index in [2.05, 4.69) is 15.6 Å². The largest absolute Gasteiger partial charge is 0.467 e. The zero-order chi connectivity index (χ0) is 19.9. The van der Waals surface area contributed by atoms with Gasteiger partial charge in [0.1, 0.15) is 17.3 Å². The van der Waals surface area contributed by atoms with Crippen LogP contribution in [-0.2, 0) is 6.54 Å². The van der Waals surface area contributed by atoms with Gasteiger partial charge in [0.2, 0.25) is 0 Å². The van der Waals surface area contributed by atoms with Crippen LogP contribution < -0.4 is 10.6 Å². The van der Waals surface area contributed by atoms with E-state index >= 15 is 0 Å². The van der Waals surface area contributed by atoms with Crippen molar-refractivity contribution in [1.29, 1.82) is 0 Å². The molecule has 0 atom stereocenters. The predicted molar refractivity (Wildman–Crippen MR) is 112 cm³/mol. The summed E-state index contributed by atoms with van der Waals surface area (Å²) >= 11 is 0. The van der Waals surface area contributed by atoms with Gasteiger partial charge in [0, 0.05) is 17.7 Å². The first kappa shape index (κ1) is 19.2. The van der Waals surface area contributed by atoms with Crippen LogP contribution in [0.25, 0.3) is 11.4 Å². The Bertz CT molecular complexity index is 917. The van der Waals surface area contributed by atoms with E-state index in [0.717, 1.165) is 18.4 Å². The first-order chi connectivity index (χ1) is 14.3. The number of aromatic nitrogens is 2. The molecule has 1 aromatic carbocycles. The van der Waals surface area contributed by atoms with Crippen LogP contribution in [0.1, 0.15) is 54.8 Å². The number of carbonyl (C=O) groups excluding carboxylic acids is 1. The summed E-state index contributed by atoms with van der Waals surface area (Å²) in [6.07, 6.45) is 8.88. The highest BCUT2D eigenvalue weighted by molar-refractivity contribution is 5.93. The summed E-state index contributed by atoms with van der Waals surface area (Å²) in [5, 5.41) is 6.42. The highest BCUT2D eigenvalue weighted by Crippen LogP contribution is 2.23. The molecule has 1 fully saturated rings. The number of rotatable bonds is 6. The quantitative estimate of drug-likeness (QED) is 0.591. The van der Waals surface area contributed by atoms with E-state index in [1.54, 1.807) is 18.4 Å². The second-order valence-electron chi connectivity index (χ2n) is 7.42. The van der Waals surface area contributed by atoms with Gasteiger partial charge in [0.15, 0.2) is 5.82 Å². The minimum Gasteiger partial charge on any atom is -0.467 e. The molecule has 2 N–H and O–H groups in total. The Morgan fingerprint density at radius 3 is 2.52 bits per heavy atom. The Morgan fingerprint density at radius 1 is 1.00 bits per heavy atom. The van der Waals surface area contributed by atoms with Crippen LogP contribution in [0.2, 0.25) is 0 Å². The summed E-state index contributed by atoms with van der Waals surface area (Å²) < 4.78 is 5.29. The van der Waals surface area contributed by atoms with E-state index in [9.17, 15) is 4.79 Å². The number of anilines is 1. The number of amides is 1. The van der Waals surface area contributed by atoms with E-state index in [1.165, 1.54) is 25.7 Å². The fourth-order valence-corrected chi connectivity index (χ4v) is 3.66. The molecule has 0 aliphatic heterocycles. The molecule has 3 aromatic rings. The number of hydrogen-bond acceptors (Lipinski definition) is 5. The molecule has 0 unspecified atom stereocenters. The maximum atomic E-state index is 12.8. The summed E-state index contributed by atoms with van der Waals surface area (Å²) in [6, 6.07) is 15.5. The Morgan fingerprint density at radius 2 is 1.79 bits per heavy atom. The van der Waals surface area contributed by atoms with Crippen molar-refractivity contribution in [2.24, 2.45) is 0 Å². The highest BCUT2D eigenvalue weighted by atomic mass is 16.3. The molecule has 150 valence electrons. The fraction of sp³-hybridized carbons (Fsp3) is 0.348. The van der Waals surface area contributed by atoms with Crippen molar-refractivity contribution in [2.75, 3.05) is 5.32 Å². The van der Waals surface area contributed by atoms with Gasteiger partial charge in [-0.1, -0.05) is 56.0 Å². The SMILES string of the molecule is O=C(NCc1ccco1)c1cc(NC2CCCCCC2)nc(-c2ccccc2)n1. The third-order valence-electron chi connectivity index (χ3n) is 5.20. The zero-order valence-corrected chi connectivity index (χ0v) is 16.4. The van der Waals surface area contributed by atoms with Crippen LogP contribution in [0.15, 0.2) is 59.2 Å². The van der Waals surface area contributed by atoms with Crippen molar-refractivity contribution in [1.82, 2.24) is 15.3 Å². The number of carbonyl (C=O) groups is 1. The third-order valence-corrected chi connectivity index (χ3v) is 5.20. The molecule has 1 aliphatic carbocycles. The van der Waals surface area contributed by atoms with Gasteiger partial charge in [0.25, 0.3) is 5.91 Å². The highest BCUT2D eigenvalue weighted by Gasteiger charge is 2.17. The minimum atomic E-state index is -0.245. The second-order valence-corrected chi connectivity index (χ2v) is 7.42. The van der Waals surface area contributed by atoms with Gasteiger partial charge in [-0.05, 0) is 25.0 Å². The van der Waals surface area contributed by atoms with Crippen molar-refractivity contribution in [2.45, 2.75) is 51.1 Å². The van der Waals surface area contributed by atoms with Crippen LogP contribution in [0.3, 0.4) is 0 Å². The average Bonchev–Trinajstić information content (AvgIpc) is 3.16. The molecule has 4 rings (SSSR count). The lowest BCUT2D eigenvalue weighted by atomic mass is 10.1. The molecule has 1 amide bonds. The molecule has 29 heavy (non-hydrogen) atoms. The summed E-state index contributed by atoms with van der Waals surface area (Å²) in [5.41, 5.74) is 1.23. The molecular formula is C23H26N4O2. The molecule has 0 spiro atoms. The molecule has 0 radical (unpaired) electrons. The van der Waals surface area contributed by atoms with Crippen LogP contribution in [0.4, 0.5) is 5.82 Å². The molecular weight excluding hydrogens is 364 g/mol. The molecule has 6 heteroatoms. The van der Waals surface area contributed by atoms with Crippen LogP contribution in [0, 0.1) is 0 Å². The van der Waals surface area contributed by atoms with Crippen LogP contribution in [-0.4, -0.2) is 21.9 Å². The number of benzene rings is 1. The van der Waals surface area contributed by atoms with Crippen LogP contribution in [0.5, 0.6) is 0 Å². The van der Waals surface area contributed by atoms with Crippen molar-refractivity contribution < 1.29 is 9.21 Å². The Hall–Kier alpha value is -3.15. The molecule has 6 nitrogen and oxygen atoms in total. The number of nitrogens with one attached hydrogen (secondary N) is 2. The normalized spacial score (nSPS) is 14.9. The Labute approximate surface area is 170 Å². The first-order valence-corrected chi connectivity index (χ1v) is 10.3. The Kier molecular flexibility index (Phi) is 6.19. The molecule has 2 heterocycles. The third kappa shape index (κ3) is 5.22. The lowest BCUT2D eigenvalue weighted by molar-refractivity contribution is 0.0943. The van der Waals surface area contributed by atoms with Crippen molar-refractivity contribution in [3.8, 4) is 11.4 Å². The maximum Gasteiger partial charge on any atom is 0.270 e. The van der Waals surface area contributed by atoms with Gasteiger partial charge in [0.05, 0.1) is 12.8 Å². The van der Waals surface area contributed by atoms with E-state index < -0.39 is 0 Å². The van der Waals surface area contributed by atoms with E-state index in [-0.39, 0.29) is 5.91 Å². The molecule has 0 bridgehead atoms. The fourth-order valence-electron chi connectivity index (χ4n) is 3.66. The first-order valence-electron chi connectivity index (χ1n) is 10.3. The smallest absolute Gasteiger partial charge is 0.270 e. The lowest BCUT2D eigenvalue weighted by Crippen LogP contribution is -2.25. The molecule has 2 aromatic heterocycles. The summed E-state index contributed by atoms with van der Waals surface area (Å²) in [7, 11) is 0. The van der Waals surface area contributed by atoms with Gasteiger partial charge in [-0.2, -0.15) is 0 Å². The van der Waals surface area contributed by atoms with Crippen molar-refractivity contribution in [3.05, 3.63) is 66.2 Å². The predicted octanol–water partition coefficient (Wildman–Crippen LogP) is 4.80. The average molecular weight is 390 g/mol. The number of furan rings is 1. The van der Waals surface area contributed by atoms with E-state index in [4.69, 9.17) is 9.40 Å². The van der Waals surface area contributed by atoms with Gasteiger partial charge >= 0.3 is 0 Å². The molecule has 0 saturated heterocycles. The second kappa shape index (κ2) is 9.37. The standard InChI is InChI=1S/C23H26N4O2/c28-23(24-16-19-13-8-14-29-19)20-15-21(25-18-11-6-1-2-7-12-18)27-22(26-20)17-9-4-3-5-10-17/h3-5,8-10,13-15,18H,1-2,6-7,11-12,16H2,(H,24,28)(H,25,26,27). The van der Waals surface area contributed by atoms with E-state index in [0.29, 0.717) is 35.7 Å². The minimum absolute atomic E-state index is 0.245. The zero-order valence-electron chi connectivity index (χ0n) is 16.4. The maximum absolute atomic E-state index is 12.8. The Balaban J connectivity index is 1.57. The van der Waals surface area contributed by atoms with Gasteiger partial charge in [-0.15, -0.1) is 0 Å². The lowest BCUT2D eigenvalue weighted by Gasteiger charge is -2.18. The van der Waals surface area contributed by atoms with Crippen molar-refractivity contribution >= 4 is 11.7 Å². The van der Waals surface area contributed by atoms with Crippen LogP contribution >= 0.6 is 0 Å². The van der Waals surface area contributed by atoms with Gasteiger partial charge in [-0.25, -0.2) is 9.97 Å². The van der Waals surface area contributed by atoms with Crippen molar-refractivity contribution in [3.63, 3.8) is 0 Å². The molecule has 1 saturated carbocycles.